The highest BCUT2D eigenvalue weighted by atomic mass is 16.7. The number of carbonyl (C=O) groups excluding carboxylic acids is 1. The number of benzene rings is 2. The highest BCUT2D eigenvalue weighted by molar-refractivity contribution is 5.77. The average molecular weight is 412 g/mol. The zero-order valence-electron chi connectivity index (χ0n) is 18.0. The van der Waals surface area contributed by atoms with E-state index in [0.29, 0.717) is 13.3 Å². The van der Waals surface area contributed by atoms with Crippen molar-refractivity contribution in [2.75, 3.05) is 39.5 Å². The van der Waals surface area contributed by atoms with Gasteiger partial charge in [-0.3, -0.25) is 4.79 Å². The van der Waals surface area contributed by atoms with E-state index in [-0.39, 0.29) is 11.9 Å². The van der Waals surface area contributed by atoms with Gasteiger partial charge in [-0.15, -0.1) is 0 Å². The van der Waals surface area contributed by atoms with E-state index >= 15 is 0 Å². The van der Waals surface area contributed by atoms with Crippen molar-refractivity contribution < 1.29 is 24.1 Å². The van der Waals surface area contributed by atoms with Gasteiger partial charge in [0.2, 0.25) is 6.79 Å². The predicted octanol–water partition coefficient (Wildman–Crippen LogP) is 0.275. The van der Waals surface area contributed by atoms with E-state index in [0.717, 1.165) is 50.6 Å². The minimum absolute atomic E-state index is 0.0930. The molecule has 1 amide bonds. The molecule has 2 heterocycles. The maximum atomic E-state index is 12.6. The Morgan fingerprint density at radius 3 is 2.43 bits per heavy atom. The predicted molar refractivity (Wildman–Crippen MR) is 115 cm³/mol. The van der Waals surface area contributed by atoms with Crippen molar-refractivity contribution >= 4 is 5.91 Å². The molecular weight excluding hydrogens is 378 g/mol. The third kappa shape index (κ3) is 5.12. The molecule has 0 bridgehead atoms. The van der Waals surface area contributed by atoms with E-state index in [1.807, 2.05) is 6.07 Å². The van der Waals surface area contributed by atoms with Crippen LogP contribution in [0.4, 0.5) is 0 Å². The molecule has 1 atom stereocenters. The van der Waals surface area contributed by atoms with Crippen molar-refractivity contribution in [1.29, 1.82) is 0 Å². The van der Waals surface area contributed by atoms with Crippen LogP contribution in [-0.4, -0.2) is 45.4 Å². The molecule has 0 saturated carbocycles. The molecular formula is C24H33N3O3+2. The summed E-state index contributed by atoms with van der Waals surface area (Å²) in [6, 6.07) is 14.8. The second-order valence-corrected chi connectivity index (χ2v) is 8.48. The first kappa shape index (κ1) is 20.7. The van der Waals surface area contributed by atoms with Gasteiger partial charge in [0.15, 0.2) is 18.0 Å². The van der Waals surface area contributed by atoms with Crippen LogP contribution in [0.15, 0.2) is 42.5 Å². The zero-order chi connectivity index (χ0) is 20.9. The molecule has 0 spiro atoms. The first-order chi connectivity index (χ1) is 14.6. The summed E-state index contributed by atoms with van der Waals surface area (Å²) in [5, 5.41) is 3.23. The number of amides is 1. The van der Waals surface area contributed by atoms with Crippen LogP contribution in [0, 0.1) is 6.92 Å². The number of rotatable bonds is 7. The highest BCUT2D eigenvalue weighted by Crippen LogP contribution is 2.32. The van der Waals surface area contributed by atoms with E-state index in [1.165, 1.54) is 21.6 Å². The Morgan fingerprint density at radius 2 is 1.70 bits per heavy atom. The molecule has 2 aliphatic heterocycles. The Morgan fingerprint density at radius 1 is 1.00 bits per heavy atom. The van der Waals surface area contributed by atoms with Crippen molar-refractivity contribution in [3.8, 4) is 11.5 Å². The third-order valence-corrected chi connectivity index (χ3v) is 6.19. The molecule has 6 heteroatoms. The number of nitrogens with one attached hydrogen (secondary N) is 3. The van der Waals surface area contributed by atoms with Crippen molar-refractivity contribution in [1.82, 2.24) is 5.32 Å². The van der Waals surface area contributed by atoms with Gasteiger partial charge in [0.1, 0.15) is 32.7 Å². The fourth-order valence-corrected chi connectivity index (χ4v) is 4.34. The molecule has 2 aliphatic rings. The number of piperazine rings is 1. The number of aryl methyl sites for hydroxylation is 1. The van der Waals surface area contributed by atoms with Gasteiger partial charge in [-0.05, 0) is 37.1 Å². The third-order valence-electron chi connectivity index (χ3n) is 6.19. The minimum atomic E-state index is 0.0930. The van der Waals surface area contributed by atoms with Crippen LogP contribution in [0.2, 0.25) is 0 Å². The van der Waals surface area contributed by atoms with Crippen molar-refractivity contribution in [3.05, 3.63) is 59.2 Å². The van der Waals surface area contributed by atoms with Gasteiger partial charge in [0.05, 0.1) is 6.04 Å². The molecule has 2 aromatic carbocycles. The fraction of sp³-hybridized carbons (Fsp3) is 0.458. The molecule has 3 N–H and O–H groups in total. The number of carbonyl (C=O) groups is 1. The lowest BCUT2D eigenvalue weighted by Crippen LogP contribution is -3.28. The van der Waals surface area contributed by atoms with E-state index in [1.54, 1.807) is 4.90 Å². The molecule has 4 rings (SSSR count). The summed E-state index contributed by atoms with van der Waals surface area (Å²) in [6.07, 6.45) is 0.900. The standard InChI is InChI=1S/C24H31N3O3/c1-3-21(20-7-4-18(2)5-8-20)25-24(28)16-27-12-10-26(11-13-27)15-19-6-9-22-23(14-19)30-17-29-22/h4-9,14,21H,3,10-13,15-17H2,1-2H3,(H,25,28)/p+2/t21-/m1/s1. The monoisotopic (exact) mass is 411 g/mol. The lowest BCUT2D eigenvalue weighted by molar-refractivity contribution is -1.02. The smallest absolute Gasteiger partial charge is 0.275 e. The molecule has 0 aromatic heterocycles. The van der Waals surface area contributed by atoms with E-state index in [2.05, 4.69) is 55.6 Å². The van der Waals surface area contributed by atoms with E-state index in [9.17, 15) is 4.79 Å². The SMILES string of the molecule is CC[C@@H](NC(=O)C[NH+]1CC[NH+](Cc2ccc3c(c2)OCO3)CC1)c1ccc(C)cc1. The lowest BCUT2D eigenvalue weighted by atomic mass is 10.0. The Kier molecular flexibility index (Phi) is 6.55. The summed E-state index contributed by atoms with van der Waals surface area (Å²) in [7, 11) is 0. The van der Waals surface area contributed by atoms with Crippen molar-refractivity contribution in [2.24, 2.45) is 0 Å². The van der Waals surface area contributed by atoms with Gasteiger partial charge in [-0.1, -0.05) is 36.8 Å². The van der Waals surface area contributed by atoms with Crippen LogP contribution in [0.25, 0.3) is 0 Å². The summed E-state index contributed by atoms with van der Waals surface area (Å²) in [5.74, 6) is 1.84. The first-order valence-corrected chi connectivity index (χ1v) is 11.0. The second-order valence-electron chi connectivity index (χ2n) is 8.48. The number of hydrogen-bond donors (Lipinski definition) is 3. The maximum Gasteiger partial charge on any atom is 0.275 e. The average Bonchev–Trinajstić information content (AvgIpc) is 3.22. The highest BCUT2D eigenvalue weighted by Gasteiger charge is 2.26. The van der Waals surface area contributed by atoms with E-state index < -0.39 is 0 Å². The summed E-state index contributed by atoms with van der Waals surface area (Å²) < 4.78 is 10.9. The molecule has 0 unspecified atom stereocenters. The molecule has 160 valence electrons. The van der Waals surface area contributed by atoms with E-state index in [4.69, 9.17) is 9.47 Å². The van der Waals surface area contributed by atoms with Crippen LogP contribution in [0.1, 0.15) is 36.1 Å². The van der Waals surface area contributed by atoms with Crippen molar-refractivity contribution in [3.63, 3.8) is 0 Å². The number of quaternary nitrogens is 2. The van der Waals surface area contributed by atoms with Gasteiger partial charge >= 0.3 is 0 Å². The topological polar surface area (TPSA) is 56.4 Å². The Labute approximate surface area is 178 Å². The van der Waals surface area contributed by atoms with Crippen LogP contribution in [-0.2, 0) is 11.3 Å². The number of ether oxygens (including phenoxy) is 2. The Hall–Kier alpha value is -2.57. The Balaban J connectivity index is 1.23. The summed E-state index contributed by atoms with van der Waals surface area (Å²) in [6.45, 7) is 10.3. The molecule has 2 aromatic rings. The summed E-state index contributed by atoms with van der Waals surface area (Å²) >= 11 is 0. The second kappa shape index (κ2) is 9.49. The maximum absolute atomic E-state index is 12.6. The molecule has 1 fully saturated rings. The van der Waals surface area contributed by atoms with Crippen molar-refractivity contribution in [2.45, 2.75) is 32.9 Å². The van der Waals surface area contributed by atoms with Crippen LogP contribution < -0.4 is 24.6 Å². The zero-order valence-corrected chi connectivity index (χ0v) is 18.0. The Bertz CT molecular complexity index is 860. The van der Waals surface area contributed by atoms with Crippen LogP contribution >= 0.6 is 0 Å². The fourth-order valence-electron chi connectivity index (χ4n) is 4.34. The molecule has 0 aliphatic carbocycles. The normalized spacial score (nSPS) is 21.3. The van der Waals surface area contributed by atoms with Gasteiger partial charge in [-0.2, -0.15) is 0 Å². The lowest BCUT2D eigenvalue weighted by Gasteiger charge is -2.30. The quantitative estimate of drug-likeness (QED) is 0.613. The summed E-state index contributed by atoms with van der Waals surface area (Å²) in [5.41, 5.74) is 3.70. The number of fused-ring (bicyclic) bond motifs is 1. The van der Waals surface area contributed by atoms with Crippen LogP contribution in [0.5, 0.6) is 11.5 Å². The molecule has 0 radical (unpaired) electrons. The van der Waals surface area contributed by atoms with Gasteiger partial charge in [-0.25, -0.2) is 0 Å². The van der Waals surface area contributed by atoms with Gasteiger partial charge in [0.25, 0.3) is 5.91 Å². The number of hydrogen-bond acceptors (Lipinski definition) is 3. The summed E-state index contributed by atoms with van der Waals surface area (Å²) in [4.78, 5) is 15.6. The van der Waals surface area contributed by atoms with Crippen LogP contribution in [0.3, 0.4) is 0 Å². The largest absolute Gasteiger partial charge is 0.454 e. The first-order valence-electron chi connectivity index (χ1n) is 11.0. The molecule has 30 heavy (non-hydrogen) atoms. The molecule has 6 nitrogen and oxygen atoms in total. The van der Waals surface area contributed by atoms with Gasteiger partial charge in [0, 0.05) is 5.56 Å². The molecule has 1 saturated heterocycles. The minimum Gasteiger partial charge on any atom is -0.454 e. The van der Waals surface area contributed by atoms with Gasteiger partial charge < -0.3 is 24.6 Å².